The summed E-state index contributed by atoms with van der Waals surface area (Å²) in [5, 5.41) is 19.9. The molecule has 154 valence electrons. The summed E-state index contributed by atoms with van der Waals surface area (Å²) in [6.45, 7) is 0. The molecule has 1 aliphatic heterocycles. The summed E-state index contributed by atoms with van der Waals surface area (Å²) in [6.07, 6.45) is 2.72. The SMILES string of the molecule is O=C(O)C(O)(NS(=O)(=O)c1ccc(F)cc1)Oc1cccc2c1OC1CCCC21. The van der Waals surface area contributed by atoms with Crippen molar-refractivity contribution in [3.05, 3.63) is 53.8 Å². The van der Waals surface area contributed by atoms with E-state index < -0.39 is 32.6 Å². The number of para-hydroxylation sites is 1. The smallest absolute Gasteiger partial charge is 0.395 e. The first kappa shape index (κ1) is 19.6. The van der Waals surface area contributed by atoms with Gasteiger partial charge in [0.25, 0.3) is 0 Å². The van der Waals surface area contributed by atoms with Gasteiger partial charge in [0.05, 0.1) is 4.90 Å². The van der Waals surface area contributed by atoms with Gasteiger partial charge in [-0.25, -0.2) is 17.6 Å². The Kier molecular flexibility index (Phi) is 4.72. The predicted molar refractivity (Wildman–Crippen MR) is 97.4 cm³/mol. The summed E-state index contributed by atoms with van der Waals surface area (Å²) < 4.78 is 50.7. The van der Waals surface area contributed by atoms with Crippen LogP contribution >= 0.6 is 0 Å². The maximum atomic E-state index is 13.1. The molecule has 3 unspecified atom stereocenters. The van der Waals surface area contributed by atoms with Gasteiger partial charge in [-0.2, -0.15) is 0 Å². The zero-order valence-corrected chi connectivity index (χ0v) is 15.9. The third-order valence-electron chi connectivity index (χ3n) is 5.07. The topological polar surface area (TPSA) is 122 Å². The lowest BCUT2D eigenvalue weighted by atomic mass is 9.97. The number of aliphatic carboxylic acids is 1. The number of ether oxygens (including phenoxy) is 2. The lowest BCUT2D eigenvalue weighted by Gasteiger charge is -2.26. The highest BCUT2D eigenvalue weighted by Crippen LogP contribution is 2.51. The molecule has 3 atom stereocenters. The molecule has 10 heteroatoms. The second-order valence-corrected chi connectivity index (χ2v) is 8.66. The molecule has 0 amide bonds. The predicted octanol–water partition coefficient (Wildman–Crippen LogP) is 1.94. The van der Waals surface area contributed by atoms with E-state index in [1.54, 1.807) is 10.8 Å². The number of hydrogen-bond acceptors (Lipinski definition) is 6. The van der Waals surface area contributed by atoms with Crippen LogP contribution in [-0.2, 0) is 14.8 Å². The molecule has 2 aliphatic rings. The van der Waals surface area contributed by atoms with Crippen molar-refractivity contribution in [2.45, 2.75) is 42.1 Å². The summed E-state index contributed by atoms with van der Waals surface area (Å²) in [6, 6.07) is 8.50. The molecule has 1 heterocycles. The number of hydrogen-bond donors (Lipinski definition) is 3. The number of rotatable bonds is 6. The van der Waals surface area contributed by atoms with Crippen molar-refractivity contribution in [1.82, 2.24) is 4.72 Å². The molecule has 1 saturated carbocycles. The van der Waals surface area contributed by atoms with Gasteiger partial charge in [-0.3, -0.25) is 0 Å². The van der Waals surface area contributed by atoms with E-state index in [9.17, 15) is 27.8 Å². The first-order chi connectivity index (χ1) is 13.7. The minimum absolute atomic E-state index is 0.0522. The molecule has 0 radical (unpaired) electrons. The number of carboxylic acid groups (broad SMARTS) is 1. The monoisotopic (exact) mass is 423 g/mol. The van der Waals surface area contributed by atoms with Crippen molar-refractivity contribution < 1.29 is 37.3 Å². The van der Waals surface area contributed by atoms with Crippen molar-refractivity contribution in [2.75, 3.05) is 0 Å². The normalized spacial score (nSPS) is 22.3. The van der Waals surface area contributed by atoms with Crippen molar-refractivity contribution in [2.24, 2.45) is 0 Å². The molecule has 4 rings (SSSR count). The van der Waals surface area contributed by atoms with Gasteiger partial charge in [-0.1, -0.05) is 12.1 Å². The second kappa shape index (κ2) is 6.97. The quantitative estimate of drug-likeness (QED) is 0.607. The van der Waals surface area contributed by atoms with E-state index in [0.29, 0.717) is 5.75 Å². The summed E-state index contributed by atoms with van der Waals surface area (Å²) in [5.41, 5.74) is 0.833. The van der Waals surface area contributed by atoms with Crippen LogP contribution in [0.2, 0.25) is 0 Å². The van der Waals surface area contributed by atoms with Crippen molar-refractivity contribution in [3.8, 4) is 11.5 Å². The number of carboxylic acids is 1. The molecular formula is C19H18FNO7S. The molecule has 0 saturated heterocycles. The minimum Gasteiger partial charge on any atom is -0.486 e. The Labute approximate surface area is 165 Å². The Hall–Kier alpha value is -2.69. The van der Waals surface area contributed by atoms with Crippen molar-refractivity contribution in [1.29, 1.82) is 0 Å². The van der Waals surface area contributed by atoms with Crippen LogP contribution in [-0.4, -0.2) is 36.6 Å². The number of benzene rings is 2. The number of carbonyl (C=O) groups is 1. The van der Waals surface area contributed by atoms with E-state index in [-0.39, 0.29) is 17.8 Å². The first-order valence-corrected chi connectivity index (χ1v) is 10.4. The highest BCUT2D eigenvalue weighted by atomic mass is 32.2. The number of aliphatic hydroxyl groups is 1. The molecule has 2 aromatic rings. The number of fused-ring (bicyclic) bond motifs is 3. The van der Waals surface area contributed by atoms with Crippen LogP contribution in [0.15, 0.2) is 47.4 Å². The van der Waals surface area contributed by atoms with Crippen LogP contribution in [0, 0.1) is 5.82 Å². The van der Waals surface area contributed by atoms with Gasteiger partial charge in [0.2, 0.25) is 10.0 Å². The highest BCUT2D eigenvalue weighted by Gasteiger charge is 2.46. The number of nitrogens with one attached hydrogen (secondary N) is 1. The Morgan fingerprint density at radius 3 is 2.62 bits per heavy atom. The molecule has 2 aromatic carbocycles. The van der Waals surface area contributed by atoms with Gasteiger partial charge < -0.3 is 19.7 Å². The van der Waals surface area contributed by atoms with E-state index in [4.69, 9.17) is 9.47 Å². The van der Waals surface area contributed by atoms with E-state index in [0.717, 1.165) is 49.1 Å². The molecule has 8 nitrogen and oxygen atoms in total. The number of halogens is 1. The molecule has 3 N–H and O–H groups in total. The molecule has 0 spiro atoms. The molecule has 0 aromatic heterocycles. The maximum absolute atomic E-state index is 13.1. The summed E-state index contributed by atoms with van der Waals surface area (Å²) in [5.74, 6) is -5.59. The average Bonchev–Trinajstić information content (AvgIpc) is 3.23. The summed E-state index contributed by atoms with van der Waals surface area (Å²) in [7, 11) is -4.54. The van der Waals surface area contributed by atoms with E-state index >= 15 is 0 Å². The molecule has 29 heavy (non-hydrogen) atoms. The molecule has 1 fully saturated rings. The second-order valence-electron chi connectivity index (χ2n) is 6.98. The van der Waals surface area contributed by atoms with Crippen LogP contribution in [0.4, 0.5) is 4.39 Å². The van der Waals surface area contributed by atoms with Crippen molar-refractivity contribution in [3.63, 3.8) is 0 Å². The van der Waals surface area contributed by atoms with Crippen LogP contribution in [0.5, 0.6) is 11.5 Å². The van der Waals surface area contributed by atoms with E-state index in [1.165, 1.54) is 6.07 Å². The highest BCUT2D eigenvalue weighted by molar-refractivity contribution is 7.89. The first-order valence-electron chi connectivity index (χ1n) is 8.93. The van der Waals surface area contributed by atoms with Gasteiger partial charge in [0.15, 0.2) is 11.5 Å². The summed E-state index contributed by atoms with van der Waals surface area (Å²) in [4.78, 5) is 11.2. The number of sulfonamides is 1. The Bertz CT molecular complexity index is 1060. The van der Waals surface area contributed by atoms with Gasteiger partial charge in [-0.05, 0) is 49.6 Å². The molecule has 1 aliphatic carbocycles. The Balaban J connectivity index is 1.64. The van der Waals surface area contributed by atoms with Crippen LogP contribution in [0.3, 0.4) is 0 Å². The zero-order valence-electron chi connectivity index (χ0n) is 15.0. The van der Waals surface area contributed by atoms with E-state index in [2.05, 4.69) is 0 Å². The maximum Gasteiger partial charge on any atom is 0.395 e. The van der Waals surface area contributed by atoms with Gasteiger partial charge in [-0.15, -0.1) is 4.72 Å². The van der Waals surface area contributed by atoms with Gasteiger partial charge >= 0.3 is 11.9 Å². The van der Waals surface area contributed by atoms with Crippen LogP contribution in [0.1, 0.15) is 30.7 Å². The fraction of sp³-hybridized carbons (Fsp3) is 0.316. The standard InChI is InChI=1S/C19H18FNO7S/c20-11-7-9-12(10-8-11)29(25,26)21-19(24,18(22)23)28-16-6-2-4-14-13-3-1-5-15(13)27-17(14)16/h2,4,6-10,13,15,21,24H,1,3,5H2,(H,22,23). The fourth-order valence-electron chi connectivity index (χ4n) is 3.73. The van der Waals surface area contributed by atoms with Crippen LogP contribution in [0.25, 0.3) is 0 Å². The lowest BCUT2D eigenvalue weighted by molar-refractivity contribution is -0.197. The third-order valence-corrected chi connectivity index (χ3v) is 6.51. The lowest BCUT2D eigenvalue weighted by Crippen LogP contribution is -2.58. The van der Waals surface area contributed by atoms with Crippen LogP contribution < -0.4 is 14.2 Å². The Morgan fingerprint density at radius 2 is 1.93 bits per heavy atom. The fourth-order valence-corrected chi connectivity index (χ4v) is 4.83. The largest absolute Gasteiger partial charge is 0.486 e. The van der Waals surface area contributed by atoms with Crippen molar-refractivity contribution >= 4 is 16.0 Å². The molecule has 0 bridgehead atoms. The van der Waals surface area contributed by atoms with E-state index in [1.807, 2.05) is 6.07 Å². The zero-order chi connectivity index (χ0) is 20.8. The minimum atomic E-state index is -4.54. The van der Waals surface area contributed by atoms with Gasteiger partial charge in [0, 0.05) is 11.5 Å². The third kappa shape index (κ3) is 3.54. The average molecular weight is 423 g/mol. The molecular weight excluding hydrogens is 405 g/mol. The Morgan fingerprint density at radius 1 is 1.21 bits per heavy atom. The summed E-state index contributed by atoms with van der Waals surface area (Å²) >= 11 is 0. The van der Waals surface area contributed by atoms with Gasteiger partial charge in [0.1, 0.15) is 11.9 Å².